The van der Waals surface area contributed by atoms with Gasteiger partial charge in [0.15, 0.2) is 0 Å². The summed E-state index contributed by atoms with van der Waals surface area (Å²) >= 11 is 0. The van der Waals surface area contributed by atoms with E-state index in [1.54, 1.807) is 0 Å². The van der Waals surface area contributed by atoms with Crippen LogP contribution in [0.1, 0.15) is 26.2 Å². The van der Waals surface area contributed by atoms with Crippen LogP contribution in [0, 0.1) is 0 Å². The van der Waals surface area contributed by atoms with E-state index in [9.17, 15) is 0 Å². The summed E-state index contributed by atoms with van der Waals surface area (Å²) in [4.78, 5) is 0. The van der Waals surface area contributed by atoms with E-state index >= 15 is 0 Å². The molecule has 0 heterocycles. The molecule has 4 rings (SSSR count). The SMILES string of the molecule is CCC(N)(CCP(c1ccccc1)c1ccccc1)CCP(c1ccccc1)c1ccccc1. The van der Waals surface area contributed by atoms with Gasteiger partial charge in [0.1, 0.15) is 0 Å². The van der Waals surface area contributed by atoms with E-state index in [-0.39, 0.29) is 5.54 Å². The molecule has 0 aliphatic rings. The molecular weight excluding hydrogens is 448 g/mol. The van der Waals surface area contributed by atoms with Gasteiger partial charge in [0.05, 0.1) is 0 Å². The summed E-state index contributed by atoms with van der Waals surface area (Å²) in [5.74, 6) is 0. The van der Waals surface area contributed by atoms with Crippen molar-refractivity contribution in [3.8, 4) is 0 Å². The summed E-state index contributed by atoms with van der Waals surface area (Å²) in [5.41, 5.74) is 6.98. The molecule has 0 bridgehead atoms. The number of benzene rings is 4. The Balaban J connectivity index is 1.50. The van der Waals surface area contributed by atoms with E-state index < -0.39 is 15.8 Å². The molecule has 174 valence electrons. The smallest absolute Gasteiger partial charge is 0.0158 e. The minimum Gasteiger partial charge on any atom is -0.325 e. The van der Waals surface area contributed by atoms with E-state index in [2.05, 4.69) is 128 Å². The lowest BCUT2D eigenvalue weighted by atomic mass is 9.91. The van der Waals surface area contributed by atoms with Crippen LogP contribution in [0.15, 0.2) is 121 Å². The minimum atomic E-state index is -0.409. The topological polar surface area (TPSA) is 26.0 Å². The molecule has 0 amide bonds. The molecule has 34 heavy (non-hydrogen) atoms. The van der Waals surface area contributed by atoms with Gasteiger partial charge < -0.3 is 5.73 Å². The third kappa shape index (κ3) is 6.64. The van der Waals surface area contributed by atoms with Crippen LogP contribution in [-0.4, -0.2) is 17.9 Å². The van der Waals surface area contributed by atoms with Gasteiger partial charge in [-0.15, -0.1) is 0 Å². The molecule has 0 spiro atoms. The van der Waals surface area contributed by atoms with Crippen LogP contribution in [0.3, 0.4) is 0 Å². The summed E-state index contributed by atoms with van der Waals surface area (Å²) in [5, 5.41) is 5.77. The lowest BCUT2D eigenvalue weighted by molar-refractivity contribution is 0.388. The Kier molecular flexibility index (Phi) is 9.06. The summed E-state index contributed by atoms with van der Waals surface area (Å²) in [6, 6.07) is 44.0. The van der Waals surface area contributed by atoms with Crippen LogP contribution in [0.25, 0.3) is 0 Å². The maximum atomic E-state index is 7.13. The van der Waals surface area contributed by atoms with Crippen molar-refractivity contribution in [2.24, 2.45) is 5.73 Å². The quantitative estimate of drug-likeness (QED) is 0.255. The van der Waals surface area contributed by atoms with Gasteiger partial charge in [0.2, 0.25) is 0 Å². The van der Waals surface area contributed by atoms with Gasteiger partial charge in [0, 0.05) is 5.54 Å². The summed E-state index contributed by atoms with van der Waals surface area (Å²) < 4.78 is 0. The molecule has 0 radical (unpaired) electrons. The van der Waals surface area contributed by atoms with Crippen molar-refractivity contribution in [1.82, 2.24) is 0 Å². The van der Waals surface area contributed by atoms with Crippen molar-refractivity contribution >= 4 is 37.1 Å². The molecular formula is C31H35NP2. The van der Waals surface area contributed by atoms with Crippen molar-refractivity contribution < 1.29 is 0 Å². The van der Waals surface area contributed by atoms with Gasteiger partial charge in [-0.2, -0.15) is 0 Å². The molecule has 4 aromatic carbocycles. The first-order chi connectivity index (χ1) is 16.7. The highest BCUT2D eigenvalue weighted by Crippen LogP contribution is 2.40. The number of rotatable bonds is 11. The zero-order valence-corrected chi connectivity index (χ0v) is 21.8. The molecule has 0 saturated heterocycles. The van der Waals surface area contributed by atoms with Crippen LogP contribution < -0.4 is 27.0 Å². The van der Waals surface area contributed by atoms with E-state index in [1.165, 1.54) is 21.2 Å². The summed E-state index contributed by atoms with van der Waals surface area (Å²) in [6.45, 7) is 2.26. The summed E-state index contributed by atoms with van der Waals surface area (Å²) in [7, 11) is -0.819. The summed E-state index contributed by atoms with van der Waals surface area (Å²) in [6.07, 6.45) is 5.36. The molecule has 4 aromatic rings. The second-order valence-electron chi connectivity index (χ2n) is 8.86. The Hall–Kier alpha value is -2.30. The maximum absolute atomic E-state index is 7.13. The normalized spacial score (nSPS) is 11.8. The van der Waals surface area contributed by atoms with Crippen LogP contribution in [0.4, 0.5) is 0 Å². The fourth-order valence-electron chi connectivity index (χ4n) is 4.39. The lowest BCUT2D eigenvalue weighted by Gasteiger charge is -2.32. The highest BCUT2D eigenvalue weighted by atomic mass is 31.1. The van der Waals surface area contributed by atoms with Gasteiger partial charge in [-0.1, -0.05) is 128 Å². The predicted molar refractivity (Wildman–Crippen MR) is 154 cm³/mol. The standard InChI is InChI=1S/C31H35NP2/c1-2-31(32,23-25-33(27-15-7-3-8-16-27)28-17-9-4-10-18-28)24-26-34(29-19-11-5-12-20-29)30-21-13-6-14-22-30/h3-22H,2,23-26,32H2,1H3. The van der Waals surface area contributed by atoms with Crippen LogP contribution in [-0.2, 0) is 0 Å². The molecule has 0 aromatic heterocycles. The number of hydrogen-bond acceptors (Lipinski definition) is 1. The Labute approximate surface area is 207 Å². The fraction of sp³-hybridized carbons (Fsp3) is 0.226. The fourth-order valence-corrected chi connectivity index (χ4v) is 9.49. The van der Waals surface area contributed by atoms with Gasteiger partial charge >= 0.3 is 0 Å². The molecule has 0 unspecified atom stereocenters. The van der Waals surface area contributed by atoms with Crippen molar-refractivity contribution in [2.75, 3.05) is 12.3 Å². The Morgan fingerprint density at radius 3 is 1.00 bits per heavy atom. The first kappa shape index (κ1) is 24.8. The van der Waals surface area contributed by atoms with Crippen LogP contribution >= 0.6 is 15.8 Å². The molecule has 0 aliphatic carbocycles. The van der Waals surface area contributed by atoms with E-state index in [1.807, 2.05) is 0 Å². The first-order valence-corrected chi connectivity index (χ1v) is 15.3. The average Bonchev–Trinajstić information content (AvgIpc) is 2.91. The Morgan fingerprint density at radius 2 is 0.765 bits per heavy atom. The number of hydrogen-bond donors (Lipinski definition) is 1. The highest BCUT2D eigenvalue weighted by Gasteiger charge is 2.27. The monoisotopic (exact) mass is 483 g/mol. The van der Waals surface area contributed by atoms with Gasteiger partial charge in [-0.05, 0) is 68.6 Å². The third-order valence-corrected chi connectivity index (χ3v) is 11.7. The first-order valence-electron chi connectivity index (χ1n) is 12.2. The van der Waals surface area contributed by atoms with E-state index in [0.29, 0.717) is 0 Å². The van der Waals surface area contributed by atoms with Crippen LogP contribution in [0.2, 0.25) is 0 Å². The zero-order valence-electron chi connectivity index (χ0n) is 20.1. The molecule has 1 nitrogen and oxygen atoms in total. The lowest BCUT2D eigenvalue weighted by Crippen LogP contribution is -2.41. The average molecular weight is 484 g/mol. The second-order valence-corrected chi connectivity index (χ2v) is 13.5. The molecule has 0 fully saturated rings. The van der Waals surface area contributed by atoms with Crippen molar-refractivity contribution in [1.29, 1.82) is 0 Å². The van der Waals surface area contributed by atoms with E-state index in [4.69, 9.17) is 5.73 Å². The van der Waals surface area contributed by atoms with Crippen molar-refractivity contribution in [2.45, 2.75) is 31.7 Å². The maximum Gasteiger partial charge on any atom is 0.0158 e. The van der Waals surface area contributed by atoms with Gasteiger partial charge in [-0.25, -0.2) is 0 Å². The van der Waals surface area contributed by atoms with E-state index in [0.717, 1.165) is 31.6 Å². The van der Waals surface area contributed by atoms with Crippen LogP contribution in [0.5, 0.6) is 0 Å². The predicted octanol–water partition coefficient (Wildman–Crippen LogP) is 6.14. The number of nitrogens with two attached hydrogens (primary N) is 1. The Morgan fingerprint density at radius 1 is 0.500 bits per heavy atom. The zero-order chi connectivity index (χ0) is 23.6. The molecule has 0 saturated carbocycles. The third-order valence-electron chi connectivity index (χ3n) is 6.64. The Bertz CT molecular complexity index is 935. The van der Waals surface area contributed by atoms with Gasteiger partial charge in [-0.3, -0.25) is 0 Å². The van der Waals surface area contributed by atoms with Gasteiger partial charge in [0.25, 0.3) is 0 Å². The molecule has 2 N–H and O–H groups in total. The molecule has 0 atom stereocenters. The van der Waals surface area contributed by atoms with Crippen molar-refractivity contribution in [3.63, 3.8) is 0 Å². The molecule has 0 aliphatic heterocycles. The second kappa shape index (κ2) is 12.4. The minimum absolute atomic E-state index is 0.145. The molecule has 3 heteroatoms. The van der Waals surface area contributed by atoms with Crippen molar-refractivity contribution in [3.05, 3.63) is 121 Å². The highest BCUT2D eigenvalue weighted by molar-refractivity contribution is 7.73. The largest absolute Gasteiger partial charge is 0.325 e.